The van der Waals surface area contributed by atoms with Crippen LogP contribution in [-0.4, -0.2) is 34.6 Å². The first-order chi connectivity index (χ1) is 12.1. The van der Waals surface area contributed by atoms with E-state index < -0.39 is 6.04 Å². The molecule has 0 saturated carbocycles. The summed E-state index contributed by atoms with van der Waals surface area (Å²) in [6, 6.07) is 13.3. The van der Waals surface area contributed by atoms with E-state index in [2.05, 4.69) is 5.32 Å². The molecule has 2 heterocycles. The van der Waals surface area contributed by atoms with Gasteiger partial charge >= 0.3 is 0 Å². The van der Waals surface area contributed by atoms with Crippen molar-refractivity contribution < 1.29 is 9.59 Å². The van der Waals surface area contributed by atoms with Crippen molar-refractivity contribution in [3.05, 3.63) is 58.3 Å². The van der Waals surface area contributed by atoms with Crippen LogP contribution < -0.4 is 5.32 Å². The third-order valence-corrected chi connectivity index (χ3v) is 6.54. The first-order valence-corrected chi connectivity index (χ1v) is 10.4. The molecule has 2 aromatic rings. The molecule has 0 bridgehead atoms. The van der Waals surface area contributed by atoms with Crippen LogP contribution in [0.15, 0.2) is 47.8 Å². The van der Waals surface area contributed by atoms with Crippen LogP contribution in [0.1, 0.15) is 40.9 Å². The first-order valence-electron chi connectivity index (χ1n) is 8.45. The second-order valence-corrected chi connectivity index (χ2v) is 8.18. The summed E-state index contributed by atoms with van der Waals surface area (Å²) in [5.74, 6) is 0.474. The number of hydrogen-bond acceptors (Lipinski definition) is 4. The smallest absolute Gasteiger partial charge is 0.265 e. The molecule has 1 aromatic heterocycles. The fourth-order valence-corrected chi connectivity index (χ4v) is 4.90. The van der Waals surface area contributed by atoms with Crippen LogP contribution in [-0.2, 0) is 4.79 Å². The maximum atomic E-state index is 13.1. The number of carbonyl (C=O) groups excluding carboxylic acids is 2. The number of nitrogens with one attached hydrogen (secondary N) is 1. The third-order valence-electron chi connectivity index (χ3n) is 4.36. The molecule has 3 rings (SSSR count). The van der Waals surface area contributed by atoms with Crippen molar-refractivity contribution in [1.29, 1.82) is 0 Å². The van der Waals surface area contributed by atoms with Gasteiger partial charge < -0.3 is 10.2 Å². The molecule has 1 aromatic carbocycles. The zero-order valence-electron chi connectivity index (χ0n) is 14.3. The Morgan fingerprint density at radius 2 is 2.00 bits per heavy atom. The Morgan fingerprint density at radius 3 is 2.64 bits per heavy atom. The van der Waals surface area contributed by atoms with Crippen molar-refractivity contribution in [2.45, 2.75) is 37.7 Å². The van der Waals surface area contributed by atoms with Crippen LogP contribution >= 0.6 is 23.1 Å². The molecule has 132 valence electrons. The summed E-state index contributed by atoms with van der Waals surface area (Å²) < 4.78 is 0. The minimum absolute atomic E-state index is 0.0646. The van der Waals surface area contributed by atoms with Crippen LogP contribution in [0.25, 0.3) is 0 Å². The quantitative estimate of drug-likeness (QED) is 0.863. The average Bonchev–Trinajstić information content (AvgIpc) is 3.31. The molecule has 1 N–H and O–H groups in total. The van der Waals surface area contributed by atoms with Crippen molar-refractivity contribution in [3.8, 4) is 0 Å². The lowest BCUT2D eigenvalue weighted by Crippen LogP contribution is -2.49. The van der Waals surface area contributed by atoms with E-state index in [0.717, 1.165) is 12.0 Å². The van der Waals surface area contributed by atoms with E-state index in [1.807, 2.05) is 61.7 Å². The fourth-order valence-electron chi connectivity index (χ4n) is 2.80. The Kier molecular flexibility index (Phi) is 5.81. The minimum Gasteiger partial charge on any atom is -0.352 e. The Hall–Kier alpha value is -1.79. The van der Waals surface area contributed by atoms with Crippen LogP contribution in [0, 0.1) is 0 Å². The molecular formula is C19H22N2O2S2. The molecule has 1 aliphatic rings. The SMILES string of the molecule is CCC(C)NC(=O)C1CSC(c2ccccc2)N1C(=O)c1cccs1. The minimum atomic E-state index is -0.446. The maximum Gasteiger partial charge on any atom is 0.265 e. The van der Waals surface area contributed by atoms with Gasteiger partial charge in [0, 0.05) is 11.8 Å². The van der Waals surface area contributed by atoms with Gasteiger partial charge in [0.2, 0.25) is 5.91 Å². The van der Waals surface area contributed by atoms with Gasteiger partial charge in [0.25, 0.3) is 5.91 Å². The Morgan fingerprint density at radius 1 is 1.24 bits per heavy atom. The zero-order chi connectivity index (χ0) is 17.8. The van der Waals surface area contributed by atoms with Gasteiger partial charge in [0.15, 0.2) is 0 Å². The van der Waals surface area contributed by atoms with E-state index in [4.69, 9.17) is 0 Å². The van der Waals surface area contributed by atoms with Gasteiger partial charge in [0.05, 0.1) is 4.88 Å². The van der Waals surface area contributed by atoms with E-state index >= 15 is 0 Å². The molecule has 0 spiro atoms. The molecule has 1 fully saturated rings. The molecular weight excluding hydrogens is 352 g/mol. The second kappa shape index (κ2) is 8.06. The summed E-state index contributed by atoms with van der Waals surface area (Å²) in [4.78, 5) is 28.3. The topological polar surface area (TPSA) is 49.4 Å². The molecule has 0 aliphatic carbocycles. The predicted octanol–water partition coefficient (Wildman–Crippen LogP) is 3.92. The van der Waals surface area contributed by atoms with Gasteiger partial charge in [-0.05, 0) is 30.4 Å². The molecule has 0 radical (unpaired) electrons. The van der Waals surface area contributed by atoms with Gasteiger partial charge in [-0.1, -0.05) is 43.3 Å². The molecule has 6 heteroatoms. The third kappa shape index (κ3) is 3.90. The summed E-state index contributed by atoms with van der Waals surface area (Å²) in [6.07, 6.45) is 0.868. The lowest BCUT2D eigenvalue weighted by molar-refractivity contribution is -0.125. The number of carbonyl (C=O) groups is 2. The number of thiophene rings is 1. The summed E-state index contributed by atoms with van der Waals surface area (Å²) in [5, 5.41) is 4.79. The van der Waals surface area contributed by atoms with E-state index in [1.165, 1.54) is 11.3 Å². The van der Waals surface area contributed by atoms with Crippen LogP contribution in [0.4, 0.5) is 0 Å². The Labute approximate surface area is 156 Å². The van der Waals surface area contributed by atoms with Crippen LogP contribution in [0.2, 0.25) is 0 Å². The molecule has 2 amide bonds. The summed E-state index contributed by atoms with van der Waals surface area (Å²) in [6.45, 7) is 4.02. The highest BCUT2D eigenvalue weighted by molar-refractivity contribution is 7.99. The average molecular weight is 375 g/mol. The molecule has 3 unspecified atom stereocenters. The van der Waals surface area contributed by atoms with E-state index in [0.29, 0.717) is 10.6 Å². The fraction of sp³-hybridized carbons (Fsp3) is 0.368. The highest BCUT2D eigenvalue weighted by atomic mass is 32.2. The largest absolute Gasteiger partial charge is 0.352 e. The van der Waals surface area contributed by atoms with Gasteiger partial charge in [-0.25, -0.2) is 0 Å². The van der Waals surface area contributed by atoms with Gasteiger partial charge in [0.1, 0.15) is 11.4 Å². The van der Waals surface area contributed by atoms with E-state index in [9.17, 15) is 9.59 Å². The van der Waals surface area contributed by atoms with Crippen LogP contribution in [0.5, 0.6) is 0 Å². The van der Waals surface area contributed by atoms with Gasteiger partial charge in [-0.2, -0.15) is 0 Å². The number of nitrogens with zero attached hydrogens (tertiary/aromatic N) is 1. The Balaban J connectivity index is 1.90. The summed E-state index contributed by atoms with van der Waals surface area (Å²) in [7, 11) is 0. The van der Waals surface area contributed by atoms with Crippen molar-refractivity contribution >= 4 is 34.9 Å². The lowest BCUT2D eigenvalue weighted by Gasteiger charge is -2.29. The number of hydrogen-bond donors (Lipinski definition) is 1. The van der Waals surface area contributed by atoms with Crippen LogP contribution in [0.3, 0.4) is 0 Å². The molecule has 25 heavy (non-hydrogen) atoms. The Bertz CT molecular complexity index is 718. The van der Waals surface area contributed by atoms with E-state index in [-0.39, 0.29) is 23.2 Å². The zero-order valence-corrected chi connectivity index (χ0v) is 16.0. The molecule has 3 atom stereocenters. The van der Waals surface area contributed by atoms with Crippen molar-refractivity contribution in [1.82, 2.24) is 10.2 Å². The number of rotatable bonds is 5. The summed E-state index contributed by atoms with van der Waals surface area (Å²) in [5.41, 5.74) is 1.05. The number of benzene rings is 1. The van der Waals surface area contributed by atoms with Gasteiger partial charge in [-0.15, -0.1) is 23.1 Å². The second-order valence-electron chi connectivity index (χ2n) is 6.12. The van der Waals surface area contributed by atoms with E-state index in [1.54, 1.807) is 16.7 Å². The molecule has 1 saturated heterocycles. The monoisotopic (exact) mass is 374 g/mol. The standard InChI is InChI=1S/C19H22N2O2S2/c1-3-13(2)20-17(22)15-12-25-19(14-8-5-4-6-9-14)21(15)18(23)16-10-7-11-24-16/h4-11,13,15,19H,3,12H2,1-2H3,(H,20,22). The molecule has 1 aliphatic heterocycles. The highest BCUT2D eigenvalue weighted by Crippen LogP contribution is 2.42. The molecule has 4 nitrogen and oxygen atoms in total. The van der Waals surface area contributed by atoms with Gasteiger partial charge in [-0.3, -0.25) is 9.59 Å². The normalized spacial score (nSPS) is 21.1. The predicted molar refractivity (Wildman–Crippen MR) is 104 cm³/mol. The maximum absolute atomic E-state index is 13.1. The lowest BCUT2D eigenvalue weighted by atomic mass is 10.1. The van der Waals surface area contributed by atoms with Crippen molar-refractivity contribution in [3.63, 3.8) is 0 Å². The number of thioether (sulfide) groups is 1. The highest BCUT2D eigenvalue weighted by Gasteiger charge is 2.42. The van der Waals surface area contributed by atoms with Crippen molar-refractivity contribution in [2.24, 2.45) is 0 Å². The first kappa shape index (κ1) is 18.0. The number of amides is 2. The van der Waals surface area contributed by atoms with Crippen molar-refractivity contribution in [2.75, 3.05) is 5.75 Å². The summed E-state index contributed by atoms with van der Waals surface area (Å²) >= 11 is 3.06.